The fourth-order valence-corrected chi connectivity index (χ4v) is 5.51. The van der Waals surface area contributed by atoms with Gasteiger partial charge in [-0.05, 0) is 88.4 Å². The largest absolute Gasteiger partial charge is 0.303 e. The van der Waals surface area contributed by atoms with Crippen molar-refractivity contribution < 1.29 is 8.42 Å². The normalized spacial score (nSPS) is 19.1. The predicted molar refractivity (Wildman–Crippen MR) is 110 cm³/mol. The molecule has 1 unspecified atom stereocenters. The number of likely N-dealkylation sites (tertiary alicyclic amines) is 1. The van der Waals surface area contributed by atoms with E-state index in [0.29, 0.717) is 17.2 Å². The molecule has 2 heterocycles. The first-order valence-corrected chi connectivity index (χ1v) is 11.3. The van der Waals surface area contributed by atoms with Crippen LogP contribution in [0.4, 0.5) is 0 Å². The predicted octanol–water partition coefficient (Wildman–Crippen LogP) is 4.29. The maximum atomic E-state index is 13.0. The quantitative estimate of drug-likeness (QED) is 0.712. The van der Waals surface area contributed by atoms with E-state index >= 15 is 0 Å². The molecular formula is C22H30N2O2S. The number of aromatic nitrogens is 1. The number of benzene rings is 1. The topological polar surface area (TPSA) is 50.3 Å². The second kappa shape index (κ2) is 8.53. The number of sulfone groups is 1. The van der Waals surface area contributed by atoms with E-state index in [0.717, 1.165) is 26.1 Å². The molecule has 3 rings (SSSR count). The monoisotopic (exact) mass is 386 g/mol. The minimum atomic E-state index is -3.32. The smallest absolute Gasteiger partial charge is 0.183 e. The summed E-state index contributed by atoms with van der Waals surface area (Å²) in [5, 5.41) is 0. The lowest BCUT2D eigenvalue weighted by Crippen LogP contribution is -2.37. The molecule has 5 heteroatoms. The third-order valence-corrected chi connectivity index (χ3v) is 8.27. The lowest BCUT2D eigenvalue weighted by atomic mass is 9.91. The van der Waals surface area contributed by atoms with Crippen molar-refractivity contribution in [3.05, 3.63) is 60.4 Å². The summed E-state index contributed by atoms with van der Waals surface area (Å²) in [7, 11) is -3.32. The van der Waals surface area contributed by atoms with Crippen LogP contribution < -0.4 is 0 Å². The molecule has 0 aliphatic carbocycles. The van der Waals surface area contributed by atoms with Crippen LogP contribution in [0.1, 0.15) is 51.0 Å². The summed E-state index contributed by atoms with van der Waals surface area (Å²) < 4.78 is 25.2. The Morgan fingerprint density at radius 3 is 2.52 bits per heavy atom. The third kappa shape index (κ3) is 4.77. The molecule has 4 nitrogen and oxygen atoms in total. The van der Waals surface area contributed by atoms with Gasteiger partial charge in [0.15, 0.2) is 9.84 Å². The number of nitrogens with zero attached hydrogens (tertiary/aromatic N) is 2. The highest BCUT2D eigenvalue weighted by atomic mass is 32.2. The highest BCUT2D eigenvalue weighted by Crippen LogP contribution is 2.30. The van der Waals surface area contributed by atoms with Crippen LogP contribution in [0.25, 0.3) is 0 Å². The third-order valence-electron chi connectivity index (χ3n) is 5.72. The van der Waals surface area contributed by atoms with Crippen LogP contribution >= 0.6 is 0 Å². The van der Waals surface area contributed by atoms with E-state index in [4.69, 9.17) is 0 Å². The van der Waals surface area contributed by atoms with Gasteiger partial charge in [0, 0.05) is 18.9 Å². The lowest BCUT2D eigenvalue weighted by molar-refractivity contribution is 0.202. The van der Waals surface area contributed by atoms with Crippen LogP contribution in [-0.4, -0.2) is 42.7 Å². The molecule has 0 amide bonds. The first-order chi connectivity index (χ1) is 12.9. The summed E-state index contributed by atoms with van der Waals surface area (Å²) in [4.78, 5) is 7.02. The van der Waals surface area contributed by atoms with Gasteiger partial charge in [-0.25, -0.2) is 8.42 Å². The van der Waals surface area contributed by atoms with E-state index in [2.05, 4.69) is 22.0 Å². The van der Waals surface area contributed by atoms with Crippen molar-refractivity contribution in [1.29, 1.82) is 0 Å². The second-order valence-corrected chi connectivity index (χ2v) is 10.7. The maximum Gasteiger partial charge on any atom is 0.183 e. The number of piperidine rings is 1. The Bertz CT molecular complexity index is 820. The van der Waals surface area contributed by atoms with E-state index in [1.54, 1.807) is 24.3 Å². The number of hydrogen-bond acceptors (Lipinski definition) is 4. The molecule has 1 aromatic carbocycles. The van der Waals surface area contributed by atoms with Crippen molar-refractivity contribution in [2.75, 3.05) is 19.6 Å². The fourth-order valence-electron chi connectivity index (χ4n) is 3.95. The summed E-state index contributed by atoms with van der Waals surface area (Å²) in [5.41, 5.74) is 1.36. The van der Waals surface area contributed by atoms with Gasteiger partial charge < -0.3 is 4.90 Å². The van der Waals surface area contributed by atoms with Gasteiger partial charge in [0.1, 0.15) is 0 Å². The fraction of sp³-hybridized carbons (Fsp3) is 0.500. The minimum Gasteiger partial charge on any atom is -0.303 e. The summed E-state index contributed by atoms with van der Waals surface area (Å²) >= 11 is 0. The van der Waals surface area contributed by atoms with E-state index in [-0.39, 0.29) is 0 Å². The molecular weight excluding hydrogens is 356 g/mol. The molecule has 1 aromatic heterocycles. The first-order valence-electron chi connectivity index (χ1n) is 9.82. The van der Waals surface area contributed by atoms with Crippen molar-refractivity contribution in [2.45, 2.75) is 55.1 Å². The SMILES string of the molecule is CC(C)(CCCN1CCCC(c2ccncc2)C1)S(=O)(=O)c1ccccc1. The Hall–Kier alpha value is -1.72. The van der Waals surface area contributed by atoms with Gasteiger partial charge in [-0.2, -0.15) is 0 Å². The molecule has 146 valence electrons. The second-order valence-electron chi connectivity index (χ2n) is 8.10. The zero-order chi connectivity index (χ0) is 19.3. The molecule has 1 aliphatic heterocycles. The van der Waals surface area contributed by atoms with Crippen molar-refractivity contribution in [3.8, 4) is 0 Å². The summed E-state index contributed by atoms with van der Waals surface area (Å²) in [6, 6.07) is 13.0. The Morgan fingerprint density at radius 2 is 1.81 bits per heavy atom. The molecule has 0 N–H and O–H groups in total. The molecule has 1 fully saturated rings. The summed E-state index contributed by atoms with van der Waals surface area (Å²) in [6.45, 7) is 6.81. The molecule has 0 spiro atoms. The van der Waals surface area contributed by atoms with Gasteiger partial charge in [-0.15, -0.1) is 0 Å². The zero-order valence-electron chi connectivity index (χ0n) is 16.3. The van der Waals surface area contributed by atoms with Gasteiger partial charge in [-0.3, -0.25) is 4.98 Å². The van der Waals surface area contributed by atoms with Crippen molar-refractivity contribution >= 4 is 9.84 Å². The van der Waals surface area contributed by atoms with Gasteiger partial charge >= 0.3 is 0 Å². The Kier molecular flexibility index (Phi) is 6.33. The van der Waals surface area contributed by atoms with Crippen molar-refractivity contribution in [1.82, 2.24) is 9.88 Å². The molecule has 27 heavy (non-hydrogen) atoms. The van der Waals surface area contributed by atoms with Gasteiger partial charge in [-0.1, -0.05) is 18.2 Å². The van der Waals surface area contributed by atoms with Crippen LogP contribution in [0, 0.1) is 0 Å². The maximum absolute atomic E-state index is 13.0. The number of rotatable bonds is 7. The number of pyridine rings is 1. The molecule has 0 bridgehead atoms. The standard InChI is InChI=1S/C22H30N2O2S/c1-22(2,27(25,26)21-9-4-3-5-10-21)13-7-17-24-16-6-8-20(18-24)19-11-14-23-15-12-19/h3-5,9-12,14-15,20H,6-8,13,16-18H2,1-2H3. The zero-order valence-corrected chi connectivity index (χ0v) is 17.2. The molecule has 1 atom stereocenters. The van der Waals surface area contributed by atoms with E-state index in [1.807, 2.05) is 32.3 Å². The average Bonchev–Trinajstić information content (AvgIpc) is 2.69. The highest BCUT2D eigenvalue weighted by Gasteiger charge is 2.35. The van der Waals surface area contributed by atoms with Crippen LogP contribution in [0.15, 0.2) is 59.8 Å². The van der Waals surface area contributed by atoms with E-state index in [9.17, 15) is 8.42 Å². The molecule has 0 saturated carbocycles. The Morgan fingerprint density at radius 1 is 1.11 bits per heavy atom. The van der Waals surface area contributed by atoms with Crippen molar-refractivity contribution in [3.63, 3.8) is 0 Å². The van der Waals surface area contributed by atoms with Gasteiger partial charge in [0.25, 0.3) is 0 Å². The van der Waals surface area contributed by atoms with Crippen LogP contribution in [0.5, 0.6) is 0 Å². The highest BCUT2D eigenvalue weighted by molar-refractivity contribution is 7.92. The molecule has 1 saturated heterocycles. The minimum absolute atomic E-state index is 0.422. The average molecular weight is 387 g/mol. The van der Waals surface area contributed by atoms with Crippen LogP contribution in [-0.2, 0) is 9.84 Å². The number of hydrogen-bond donors (Lipinski definition) is 0. The summed E-state index contributed by atoms with van der Waals surface area (Å²) in [5.74, 6) is 0.558. The van der Waals surface area contributed by atoms with Gasteiger partial charge in [0.2, 0.25) is 0 Å². The van der Waals surface area contributed by atoms with Crippen molar-refractivity contribution in [2.24, 2.45) is 0 Å². The summed E-state index contributed by atoms with van der Waals surface area (Å²) in [6.07, 6.45) is 7.70. The van der Waals surface area contributed by atoms with Gasteiger partial charge in [0.05, 0.1) is 9.64 Å². The van der Waals surface area contributed by atoms with E-state index < -0.39 is 14.6 Å². The molecule has 1 aliphatic rings. The van der Waals surface area contributed by atoms with Crippen LogP contribution in [0.2, 0.25) is 0 Å². The molecule has 2 aromatic rings. The lowest BCUT2D eigenvalue weighted by Gasteiger charge is -2.34. The molecule has 0 radical (unpaired) electrons. The van der Waals surface area contributed by atoms with E-state index in [1.165, 1.54) is 18.4 Å². The Balaban J connectivity index is 1.56. The Labute approximate surface area is 163 Å². The van der Waals surface area contributed by atoms with Crippen LogP contribution in [0.3, 0.4) is 0 Å². The first kappa shape index (κ1) is 20.0.